The molecule has 0 aliphatic heterocycles. The van der Waals surface area contributed by atoms with Gasteiger partial charge in [0.05, 0.1) is 5.56 Å². The van der Waals surface area contributed by atoms with Crippen LogP contribution >= 0.6 is 0 Å². The summed E-state index contributed by atoms with van der Waals surface area (Å²) in [6.45, 7) is 1.77. The average Bonchev–Trinajstić information content (AvgIpc) is 3.16. The Morgan fingerprint density at radius 1 is 1.10 bits per heavy atom. The van der Waals surface area contributed by atoms with Crippen LogP contribution in [0.4, 0.5) is 5.69 Å². The monoisotopic (exact) mass is 388 g/mol. The van der Waals surface area contributed by atoms with Crippen molar-refractivity contribution in [3.05, 3.63) is 77.1 Å². The van der Waals surface area contributed by atoms with E-state index >= 15 is 0 Å². The molecular weight excluding hydrogens is 372 g/mol. The molecular formula is C22H16N2O5. The van der Waals surface area contributed by atoms with Crippen molar-refractivity contribution < 1.29 is 24.2 Å². The number of amides is 1. The average molecular weight is 388 g/mol. The number of rotatable bonds is 5. The SMILES string of the molecule is Cc1cc(C(=O)O)ccc1-c1ccc(/C=C(/C#N)C(=O)Nc2ccc(O)cc2)o1. The number of phenolic OH excluding ortho intramolecular Hbond substituents is 1. The number of carbonyl (C=O) groups is 2. The molecule has 0 spiro atoms. The zero-order chi connectivity index (χ0) is 21.0. The number of nitriles is 1. The topological polar surface area (TPSA) is 124 Å². The number of hydrogen-bond donors (Lipinski definition) is 3. The van der Waals surface area contributed by atoms with Gasteiger partial charge in [-0.05, 0) is 61.0 Å². The van der Waals surface area contributed by atoms with Crippen molar-refractivity contribution in [2.75, 3.05) is 5.32 Å². The van der Waals surface area contributed by atoms with Gasteiger partial charge in [-0.15, -0.1) is 0 Å². The summed E-state index contributed by atoms with van der Waals surface area (Å²) in [6.07, 6.45) is 1.32. The van der Waals surface area contributed by atoms with Gasteiger partial charge < -0.3 is 19.9 Å². The predicted octanol–water partition coefficient (Wildman–Crippen LogP) is 4.20. The van der Waals surface area contributed by atoms with Gasteiger partial charge in [0, 0.05) is 17.3 Å². The van der Waals surface area contributed by atoms with E-state index in [0.717, 1.165) is 5.56 Å². The second-order valence-corrected chi connectivity index (χ2v) is 6.21. The molecule has 0 bridgehead atoms. The molecule has 7 heteroatoms. The van der Waals surface area contributed by atoms with E-state index in [0.29, 0.717) is 22.8 Å². The number of phenols is 1. The summed E-state index contributed by atoms with van der Waals surface area (Å²) >= 11 is 0. The van der Waals surface area contributed by atoms with E-state index in [1.807, 2.05) is 6.07 Å². The molecule has 0 atom stereocenters. The molecule has 0 fully saturated rings. The molecule has 0 radical (unpaired) electrons. The van der Waals surface area contributed by atoms with Gasteiger partial charge in [-0.3, -0.25) is 4.79 Å². The summed E-state index contributed by atoms with van der Waals surface area (Å²) in [6, 6.07) is 15.7. The van der Waals surface area contributed by atoms with E-state index in [9.17, 15) is 20.0 Å². The molecule has 0 aliphatic rings. The lowest BCUT2D eigenvalue weighted by Crippen LogP contribution is -2.13. The van der Waals surface area contributed by atoms with Crippen LogP contribution in [0.15, 0.2) is 64.6 Å². The molecule has 1 heterocycles. The summed E-state index contributed by atoms with van der Waals surface area (Å²) in [5.41, 5.74) is 1.89. The fourth-order valence-corrected chi connectivity index (χ4v) is 2.68. The minimum absolute atomic E-state index is 0.0637. The molecule has 1 amide bonds. The smallest absolute Gasteiger partial charge is 0.335 e. The Hall–Kier alpha value is -4.31. The standard InChI is InChI=1S/C22H16N2O5/c1-13-10-14(22(27)28)2-8-19(13)20-9-7-18(29-20)11-15(12-23)21(26)24-16-3-5-17(25)6-4-16/h2-11,25H,1H3,(H,24,26)(H,27,28)/b15-11-. The highest BCUT2D eigenvalue weighted by Crippen LogP contribution is 2.27. The number of hydrogen-bond acceptors (Lipinski definition) is 5. The van der Waals surface area contributed by atoms with Gasteiger partial charge in [0.15, 0.2) is 0 Å². The first kappa shape index (κ1) is 19.5. The Morgan fingerprint density at radius 2 is 1.83 bits per heavy atom. The first-order valence-corrected chi connectivity index (χ1v) is 8.53. The second-order valence-electron chi connectivity index (χ2n) is 6.21. The third-order valence-electron chi connectivity index (χ3n) is 4.14. The van der Waals surface area contributed by atoms with Crippen LogP contribution < -0.4 is 5.32 Å². The third kappa shape index (κ3) is 4.51. The van der Waals surface area contributed by atoms with Crippen molar-refractivity contribution >= 4 is 23.6 Å². The normalized spacial score (nSPS) is 11.0. The number of carboxylic acids is 1. The van der Waals surface area contributed by atoms with E-state index < -0.39 is 11.9 Å². The molecule has 144 valence electrons. The second kappa shape index (κ2) is 8.15. The number of aromatic hydroxyl groups is 1. The zero-order valence-corrected chi connectivity index (χ0v) is 15.3. The minimum atomic E-state index is -1.01. The van der Waals surface area contributed by atoms with Gasteiger partial charge in [0.25, 0.3) is 5.91 Å². The quantitative estimate of drug-likeness (QED) is 0.342. The zero-order valence-electron chi connectivity index (χ0n) is 15.3. The summed E-state index contributed by atoms with van der Waals surface area (Å²) in [5.74, 6) is -0.769. The molecule has 2 aromatic carbocycles. The first-order valence-electron chi connectivity index (χ1n) is 8.53. The van der Waals surface area contributed by atoms with Crippen molar-refractivity contribution in [2.45, 2.75) is 6.92 Å². The van der Waals surface area contributed by atoms with Gasteiger partial charge in [-0.1, -0.05) is 6.07 Å². The van der Waals surface area contributed by atoms with Crippen molar-refractivity contribution in [3.8, 4) is 23.1 Å². The van der Waals surface area contributed by atoms with Crippen LogP contribution in [0.2, 0.25) is 0 Å². The Kier molecular flexibility index (Phi) is 5.47. The lowest BCUT2D eigenvalue weighted by atomic mass is 10.0. The van der Waals surface area contributed by atoms with Crippen LogP contribution in [0.25, 0.3) is 17.4 Å². The van der Waals surface area contributed by atoms with Crippen LogP contribution in [0, 0.1) is 18.3 Å². The predicted molar refractivity (Wildman–Crippen MR) is 106 cm³/mol. The van der Waals surface area contributed by atoms with Gasteiger partial charge in [0.1, 0.15) is 28.9 Å². The van der Waals surface area contributed by atoms with Gasteiger partial charge in [-0.2, -0.15) is 5.26 Å². The van der Waals surface area contributed by atoms with E-state index in [4.69, 9.17) is 9.52 Å². The minimum Gasteiger partial charge on any atom is -0.508 e. The lowest BCUT2D eigenvalue weighted by Gasteiger charge is -2.04. The summed E-state index contributed by atoms with van der Waals surface area (Å²) in [4.78, 5) is 23.4. The van der Waals surface area contributed by atoms with Gasteiger partial charge in [0.2, 0.25) is 0 Å². The summed E-state index contributed by atoms with van der Waals surface area (Å²) in [7, 11) is 0. The molecule has 0 unspecified atom stereocenters. The molecule has 1 aromatic heterocycles. The van der Waals surface area contributed by atoms with E-state index in [1.165, 1.54) is 36.4 Å². The van der Waals surface area contributed by atoms with Crippen LogP contribution in [0.5, 0.6) is 5.75 Å². The van der Waals surface area contributed by atoms with Gasteiger partial charge >= 0.3 is 5.97 Å². The highest BCUT2D eigenvalue weighted by molar-refractivity contribution is 6.09. The largest absolute Gasteiger partial charge is 0.508 e. The Labute approximate surface area is 166 Å². The molecule has 0 saturated heterocycles. The number of anilines is 1. The van der Waals surface area contributed by atoms with Gasteiger partial charge in [-0.25, -0.2) is 4.79 Å². The Balaban J connectivity index is 1.82. The Bertz CT molecular complexity index is 1150. The number of carbonyl (C=O) groups excluding carboxylic acids is 1. The molecule has 0 aliphatic carbocycles. The van der Waals surface area contributed by atoms with Crippen molar-refractivity contribution in [1.29, 1.82) is 5.26 Å². The highest BCUT2D eigenvalue weighted by Gasteiger charge is 2.13. The van der Waals surface area contributed by atoms with Crippen molar-refractivity contribution in [2.24, 2.45) is 0 Å². The maximum absolute atomic E-state index is 12.3. The lowest BCUT2D eigenvalue weighted by molar-refractivity contribution is -0.112. The number of furan rings is 1. The fraction of sp³-hybridized carbons (Fsp3) is 0.0455. The molecule has 3 N–H and O–H groups in total. The van der Waals surface area contributed by atoms with E-state index in [2.05, 4.69) is 5.32 Å². The van der Waals surface area contributed by atoms with Crippen molar-refractivity contribution in [1.82, 2.24) is 0 Å². The summed E-state index contributed by atoms with van der Waals surface area (Å²) in [5, 5.41) is 30.2. The molecule has 7 nitrogen and oxygen atoms in total. The van der Waals surface area contributed by atoms with Crippen molar-refractivity contribution in [3.63, 3.8) is 0 Å². The maximum atomic E-state index is 12.3. The number of nitrogens with one attached hydrogen (secondary N) is 1. The van der Waals surface area contributed by atoms with E-state index in [1.54, 1.807) is 31.2 Å². The van der Waals surface area contributed by atoms with Crippen LogP contribution in [-0.2, 0) is 4.79 Å². The fourth-order valence-electron chi connectivity index (χ4n) is 2.68. The first-order chi connectivity index (χ1) is 13.9. The molecule has 3 rings (SSSR count). The van der Waals surface area contributed by atoms with Crippen LogP contribution in [0.1, 0.15) is 21.7 Å². The van der Waals surface area contributed by atoms with Crippen LogP contribution in [0.3, 0.4) is 0 Å². The number of benzene rings is 2. The third-order valence-corrected chi connectivity index (χ3v) is 4.14. The Morgan fingerprint density at radius 3 is 2.45 bits per heavy atom. The van der Waals surface area contributed by atoms with E-state index in [-0.39, 0.29) is 16.9 Å². The molecule has 29 heavy (non-hydrogen) atoms. The number of nitrogens with zero attached hydrogens (tertiary/aromatic N) is 1. The number of carboxylic acid groups (broad SMARTS) is 1. The maximum Gasteiger partial charge on any atom is 0.335 e. The highest BCUT2D eigenvalue weighted by atomic mass is 16.4. The number of aryl methyl sites for hydroxylation is 1. The number of aromatic carboxylic acids is 1. The van der Waals surface area contributed by atoms with Crippen LogP contribution in [-0.4, -0.2) is 22.1 Å². The summed E-state index contributed by atoms with van der Waals surface area (Å²) < 4.78 is 5.71. The molecule has 0 saturated carbocycles. The molecule has 3 aromatic rings.